The van der Waals surface area contributed by atoms with Crippen LogP contribution in [0.1, 0.15) is 36.7 Å². The molecule has 0 saturated carbocycles. The van der Waals surface area contributed by atoms with E-state index >= 15 is 0 Å². The molecule has 2 N–H and O–H groups in total. The summed E-state index contributed by atoms with van der Waals surface area (Å²) in [5.74, 6) is -1.58. The number of hydrogen-bond donors (Lipinski definition) is 2. The fraction of sp³-hybridized carbons (Fsp3) is 0.323. The van der Waals surface area contributed by atoms with Crippen LogP contribution in [0.2, 0.25) is 0 Å². The SMILES string of the molecule is CC(C)(C)NC(=O)N(CC(=O)Nc1ccc(N2CCN(C(=O)c3ccccc3F)CC2)cc1)Cc1ccc(F)cc1. The molecule has 8 nitrogen and oxygen atoms in total. The lowest BCUT2D eigenvalue weighted by Crippen LogP contribution is -2.50. The van der Waals surface area contributed by atoms with Crippen LogP contribution in [0.4, 0.5) is 25.0 Å². The summed E-state index contributed by atoms with van der Waals surface area (Å²) in [6.45, 7) is 7.61. The van der Waals surface area contributed by atoms with Crippen LogP contribution in [0.5, 0.6) is 0 Å². The normalized spacial score (nSPS) is 13.5. The van der Waals surface area contributed by atoms with E-state index in [1.54, 1.807) is 41.3 Å². The molecule has 0 radical (unpaired) electrons. The van der Waals surface area contributed by atoms with Gasteiger partial charge in [0.05, 0.1) is 5.56 Å². The number of nitrogens with zero attached hydrogens (tertiary/aromatic N) is 3. The minimum Gasteiger partial charge on any atom is -0.368 e. The molecular weight excluding hydrogens is 528 g/mol. The molecule has 3 aromatic rings. The number of hydrogen-bond acceptors (Lipinski definition) is 4. The summed E-state index contributed by atoms with van der Waals surface area (Å²) in [5.41, 5.74) is 1.78. The Labute approximate surface area is 238 Å². The number of anilines is 2. The van der Waals surface area contributed by atoms with E-state index < -0.39 is 17.4 Å². The average Bonchev–Trinajstić information content (AvgIpc) is 2.93. The standard InChI is InChI=1S/C31H35F2N5O3/c1-31(2,3)35-30(41)38(20-22-8-10-23(32)11-9-22)21-28(39)34-24-12-14-25(15-13-24)36-16-18-37(19-17-36)29(40)26-6-4-5-7-27(26)33/h4-15H,16-21H2,1-3H3,(H,34,39)(H,35,41). The molecule has 4 rings (SSSR count). The summed E-state index contributed by atoms with van der Waals surface area (Å²) in [6, 6.07) is 18.7. The molecule has 1 saturated heterocycles. The van der Waals surface area contributed by atoms with Crippen LogP contribution in [0.25, 0.3) is 0 Å². The van der Waals surface area contributed by atoms with Gasteiger partial charge in [-0.3, -0.25) is 9.59 Å². The van der Waals surface area contributed by atoms with E-state index in [9.17, 15) is 23.2 Å². The first-order valence-electron chi connectivity index (χ1n) is 13.5. The predicted octanol–water partition coefficient (Wildman–Crippen LogP) is 4.88. The minimum absolute atomic E-state index is 0.0770. The van der Waals surface area contributed by atoms with Gasteiger partial charge in [-0.25, -0.2) is 13.6 Å². The molecule has 1 aliphatic rings. The molecule has 1 fully saturated rings. The lowest BCUT2D eigenvalue weighted by atomic mass is 10.1. The Bertz CT molecular complexity index is 1370. The van der Waals surface area contributed by atoms with Gasteiger partial charge in [-0.05, 0) is 74.9 Å². The molecule has 10 heteroatoms. The van der Waals surface area contributed by atoms with Gasteiger partial charge in [-0.15, -0.1) is 0 Å². The highest BCUT2D eigenvalue weighted by molar-refractivity contribution is 5.95. The Morgan fingerprint density at radius 1 is 0.854 bits per heavy atom. The van der Waals surface area contributed by atoms with Gasteiger partial charge in [0, 0.05) is 49.6 Å². The molecule has 0 unspecified atom stereocenters. The topological polar surface area (TPSA) is 85.0 Å². The Hall–Kier alpha value is -4.47. The monoisotopic (exact) mass is 563 g/mol. The molecule has 0 spiro atoms. The van der Waals surface area contributed by atoms with Crippen molar-refractivity contribution in [3.63, 3.8) is 0 Å². The molecule has 4 amide bonds. The lowest BCUT2D eigenvalue weighted by molar-refractivity contribution is -0.116. The molecular formula is C31H35F2N5O3. The fourth-order valence-electron chi connectivity index (χ4n) is 4.51. The highest BCUT2D eigenvalue weighted by Crippen LogP contribution is 2.21. The maximum atomic E-state index is 14.0. The molecule has 0 aliphatic carbocycles. The molecule has 3 aromatic carbocycles. The van der Waals surface area contributed by atoms with Gasteiger partial charge in [-0.1, -0.05) is 24.3 Å². The van der Waals surface area contributed by atoms with Crippen molar-refractivity contribution in [2.24, 2.45) is 0 Å². The number of carbonyl (C=O) groups is 3. The van der Waals surface area contributed by atoms with E-state index in [-0.39, 0.29) is 36.3 Å². The first kappa shape index (κ1) is 29.5. The number of urea groups is 1. The number of nitrogens with one attached hydrogen (secondary N) is 2. The zero-order chi connectivity index (χ0) is 29.6. The second-order valence-electron chi connectivity index (χ2n) is 11.0. The summed E-state index contributed by atoms with van der Waals surface area (Å²) in [4.78, 5) is 43.7. The van der Waals surface area contributed by atoms with Gasteiger partial charge >= 0.3 is 6.03 Å². The van der Waals surface area contributed by atoms with E-state index in [0.717, 1.165) is 5.69 Å². The van der Waals surface area contributed by atoms with Crippen molar-refractivity contribution in [2.45, 2.75) is 32.9 Å². The molecule has 0 bridgehead atoms. The van der Waals surface area contributed by atoms with Crippen molar-refractivity contribution >= 4 is 29.2 Å². The molecule has 1 heterocycles. The number of rotatable bonds is 7. The van der Waals surface area contributed by atoms with Crippen LogP contribution in [0, 0.1) is 11.6 Å². The maximum Gasteiger partial charge on any atom is 0.318 e. The number of piperazine rings is 1. The van der Waals surface area contributed by atoms with Gasteiger partial charge in [0.2, 0.25) is 5.91 Å². The van der Waals surface area contributed by atoms with Crippen molar-refractivity contribution in [3.8, 4) is 0 Å². The number of amides is 4. The second kappa shape index (κ2) is 12.8. The zero-order valence-electron chi connectivity index (χ0n) is 23.5. The molecule has 41 heavy (non-hydrogen) atoms. The summed E-state index contributed by atoms with van der Waals surface area (Å²) >= 11 is 0. The molecule has 0 atom stereocenters. The molecule has 1 aliphatic heterocycles. The van der Waals surface area contributed by atoms with E-state index in [0.29, 0.717) is 37.4 Å². The van der Waals surface area contributed by atoms with Crippen LogP contribution < -0.4 is 15.5 Å². The smallest absolute Gasteiger partial charge is 0.318 e. The lowest BCUT2D eigenvalue weighted by Gasteiger charge is -2.36. The Morgan fingerprint density at radius 3 is 2.10 bits per heavy atom. The van der Waals surface area contributed by atoms with Gasteiger partial charge in [0.1, 0.15) is 18.2 Å². The van der Waals surface area contributed by atoms with Crippen molar-refractivity contribution < 1.29 is 23.2 Å². The number of benzene rings is 3. The largest absolute Gasteiger partial charge is 0.368 e. The van der Waals surface area contributed by atoms with Crippen molar-refractivity contribution in [3.05, 3.63) is 95.6 Å². The highest BCUT2D eigenvalue weighted by Gasteiger charge is 2.25. The fourth-order valence-corrected chi connectivity index (χ4v) is 4.51. The van der Waals surface area contributed by atoms with E-state index in [1.807, 2.05) is 32.9 Å². The van der Waals surface area contributed by atoms with E-state index in [4.69, 9.17) is 0 Å². The first-order chi connectivity index (χ1) is 19.5. The summed E-state index contributed by atoms with van der Waals surface area (Å²) in [7, 11) is 0. The van der Waals surface area contributed by atoms with Gasteiger partial charge in [-0.2, -0.15) is 0 Å². The van der Waals surface area contributed by atoms with Crippen molar-refractivity contribution in [2.75, 3.05) is 42.9 Å². The zero-order valence-corrected chi connectivity index (χ0v) is 23.5. The van der Waals surface area contributed by atoms with Crippen LogP contribution in [-0.2, 0) is 11.3 Å². The Balaban J connectivity index is 1.33. The first-order valence-corrected chi connectivity index (χ1v) is 13.5. The second-order valence-corrected chi connectivity index (χ2v) is 11.0. The van der Waals surface area contributed by atoms with Gasteiger partial charge in [0.25, 0.3) is 5.91 Å². The van der Waals surface area contributed by atoms with Crippen LogP contribution >= 0.6 is 0 Å². The number of carbonyl (C=O) groups excluding carboxylic acids is 3. The highest BCUT2D eigenvalue weighted by atomic mass is 19.1. The van der Waals surface area contributed by atoms with Crippen molar-refractivity contribution in [1.82, 2.24) is 15.1 Å². The van der Waals surface area contributed by atoms with Crippen molar-refractivity contribution in [1.29, 1.82) is 0 Å². The van der Waals surface area contributed by atoms with Gasteiger partial charge < -0.3 is 25.3 Å². The van der Waals surface area contributed by atoms with E-state index in [1.165, 1.54) is 29.2 Å². The van der Waals surface area contributed by atoms with Crippen LogP contribution in [0.15, 0.2) is 72.8 Å². The quantitative estimate of drug-likeness (QED) is 0.430. The summed E-state index contributed by atoms with van der Waals surface area (Å²) < 4.78 is 27.4. The predicted molar refractivity (Wildman–Crippen MR) is 155 cm³/mol. The minimum atomic E-state index is -0.522. The van der Waals surface area contributed by atoms with Crippen LogP contribution in [0.3, 0.4) is 0 Å². The molecule has 216 valence electrons. The van der Waals surface area contributed by atoms with E-state index in [2.05, 4.69) is 15.5 Å². The third kappa shape index (κ3) is 8.26. The third-order valence-electron chi connectivity index (χ3n) is 6.58. The number of halogens is 2. The van der Waals surface area contributed by atoms with Gasteiger partial charge in [0.15, 0.2) is 0 Å². The Kier molecular flexibility index (Phi) is 9.21. The average molecular weight is 564 g/mol. The summed E-state index contributed by atoms with van der Waals surface area (Å²) in [6.07, 6.45) is 0. The third-order valence-corrected chi connectivity index (χ3v) is 6.58. The summed E-state index contributed by atoms with van der Waals surface area (Å²) in [5, 5.41) is 5.70. The Morgan fingerprint density at radius 2 is 1.49 bits per heavy atom. The van der Waals surface area contributed by atoms with Crippen LogP contribution in [-0.4, -0.2) is 65.9 Å². The molecule has 0 aromatic heterocycles. The maximum absolute atomic E-state index is 14.0.